The van der Waals surface area contributed by atoms with E-state index in [-0.39, 0.29) is 6.03 Å². The summed E-state index contributed by atoms with van der Waals surface area (Å²) >= 11 is 0. The number of anilines is 1. The van der Waals surface area contributed by atoms with Crippen LogP contribution in [-0.4, -0.2) is 29.5 Å². The van der Waals surface area contributed by atoms with Crippen LogP contribution < -0.4 is 15.0 Å². The quantitative estimate of drug-likeness (QED) is 0.934. The van der Waals surface area contributed by atoms with Gasteiger partial charge in [0.05, 0.1) is 19.2 Å². The number of carbonyl (C=O) groups excluding carboxylic acids is 1. The molecule has 6 nitrogen and oxygen atoms in total. The lowest BCUT2D eigenvalue weighted by atomic mass is 10.2. The Morgan fingerprint density at radius 2 is 2.24 bits per heavy atom. The van der Waals surface area contributed by atoms with E-state index in [1.807, 2.05) is 31.4 Å². The number of methoxy groups -OCH3 is 1. The van der Waals surface area contributed by atoms with Crippen LogP contribution in [0.4, 0.5) is 10.5 Å². The first-order valence-corrected chi connectivity index (χ1v) is 6.89. The third kappa shape index (κ3) is 2.56. The summed E-state index contributed by atoms with van der Waals surface area (Å²) < 4.78 is 6.86. The zero-order chi connectivity index (χ0) is 14.8. The van der Waals surface area contributed by atoms with Crippen molar-refractivity contribution in [2.45, 2.75) is 13.0 Å². The second-order valence-corrected chi connectivity index (χ2v) is 5.03. The molecule has 1 aromatic heterocycles. The summed E-state index contributed by atoms with van der Waals surface area (Å²) in [5.74, 6) is 0.541. The Balaban J connectivity index is 1.68. The fourth-order valence-corrected chi connectivity index (χ4v) is 2.63. The van der Waals surface area contributed by atoms with Gasteiger partial charge in [-0.25, -0.2) is 4.79 Å². The number of fused-ring (bicyclic) bond motifs is 1. The molecule has 0 unspecified atom stereocenters. The van der Waals surface area contributed by atoms with E-state index in [0.717, 1.165) is 24.2 Å². The second-order valence-electron chi connectivity index (χ2n) is 5.03. The number of urea groups is 1. The van der Waals surface area contributed by atoms with Crippen molar-refractivity contribution < 1.29 is 9.53 Å². The van der Waals surface area contributed by atoms with Crippen LogP contribution in [0.25, 0.3) is 0 Å². The van der Waals surface area contributed by atoms with E-state index in [1.165, 1.54) is 5.56 Å². The molecule has 0 saturated heterocycles. The van der Waals surface area contributed by atoms with Crippen LogP contribution in [-0.2, 0) is 20.0 Å². The number of ether oxygens (including phenoxy) is 1. The second kappa shape index (κ2) is 5.47. The highest BCUT2D eigenvalue weighted by Gasteiger charge is 2.24. The van der Waals surface area contributed by atoms with E-state index in [9.17, 15) is 4.79 Å². The fraction of sp³-hybridized carbons (Fsp3) is 0.333. The Morgan fingerprint density at radius 1 is 1.43 bits per heavy atom. The maximum Gasteiger partial charge on any atom is 0.322 e. The lowest BCUT2D eigenvalue weighted by Gasteiger charge is -2.17. The molecule has 0 spiro atoms. The van der Waals surface area contributed by atoms with Gasteiger partial charge >= 0.3 is 6.03 Å². The topological polar surface area (TPSA) is 59.4 Å². The molecule has 2 aromatic rings. The Kier molecular flexibility index (Phi) is 3.51. The average Bonchev–Trinajstić information content (AvgIpc) is 3.07. The Bertz CT molecular complexity index is 665. The molecule has 2 amide bonds. The van der Waals surface area contributed by atoms with E-state index in [4.69, 9.17) is 4.74 Å². The van der Waals surface area contributed by atoms with Crippen molar-refractivity contribution in [2.24, 2.45) is 7.05 Å². The van der Waals surface area contributed by atoms with Gasteiger partial charge in [0.2, 0.25) is 5.88 Å². The lowest BCUT2D eigenvalue weighted by molar-refractivity contribution is 0.246. The number of aryl methyl sites for hydroxylation is 1. The molecule has 1 aliphatic rings. The van der Waals surface area contributed by atoms with Crippen LogP contribution in [0.5, 0.6) is 5.88 Å². The molecule has 1 aliphatic heterocycles. The lowest BCUT2D eigenvalue weighted by Crippen LogP contribution is -2.38. The van der Waals surface area contributed by atoms with Crippen LogP contribution in [0.3, 0.4) is 0 Å². The van der Waals surface area contributed by atoms with Crippen LogP contribution in [0.15, 0.2) is 30.5 Å². The van der Waals surface area contributed by atoms with Gasteiger partial charge in [-0.1, -0.05) is 18.2 Å². The van der Waals surface area contributed by atoms with Crippen molar-refractivity contribution >= 4 is 11.7 Å². The maximum atomic E-state index is 12.3. The summed E-state index contributed by atoms with van der Waals surface area (Å²) in [6.45, 7) is 1.11. The zero-order valence-corrected chi connectivity index (χ0v) is 12.2. The molecule has 2 heterocycles. The summed E-state index contributed by atoms with van der Waals surface area (Å²) in [5, 5.41) is 7.09. The molecular formula is C15H18N4O2. The predicted octanol–water partition coefficient (Wildman–Crippen LogP) is 1.70. The van der Waals surface area contributed by atoms with Gasteiger partial charge in [0.25, 0.3) is 0 Å². The standard InChI is InChI=1S/C15H18N4O2/c1-18-10-12(14(17-18)21-2)9-16-15(20)19-8-7-11-5-3-4-6-13(11)19/h3-6,10H,7-9H2,1-2H3,(H,16,20). The number of benzene rings is 1. The largest absolute Gasteiger partial charge is 0.480 e. The number of para-hydroxylation sites is 1. The summed E-state index contributed by atoms with van der Waals surface area (Å²) in [7, 11) is 3.40. The highest BCUT2D eigenvalue weighted by Crippen LogP contribution is 2.27. The predicted molar refractivity (Wildman–Crippen MR) is 79.5 cm³/mol. The Hall–Kier alpha value is -2.50. The number of amides is 2. The van der Waals surface area contributed by atoms with Gasteiger partial charge in [0.15, 0.2) is 0 Å². The number of nitrogens with zero attached hydrogens (tertiary/aromatic N) is 3. The van der Waals surface area contributed by atoms with Crippen LogP contribution in [0, 0.1) is 0 Å². The summed E-state index contributed by atoms with van der Waals surface area (Å²) in [5.41, 5.74) is 3.07. The van der Waals surface area contributed by atoms with Crippen molar-refractivity contribution in [3.63, 3.8) is 0 Å². The molecule has 3 rings (SSSR count). The smallest absolute Gasteiger partial charge is 0.322 e. The number of nitrogens with one attached hydrogen (secondary N) is 1. The van der Waals surface area contributed by atoms with Gasteiger partial charge in [-0.3, -0.25) is 9.58 Å². The monoisotopic (exact) mass is 286 g/mol. The zero-order valence-electron chi connectivity index (χ0n) is 12.2. The number of carbonyl (C=O) groups is 1. The van der Waals surface area contributed by atoms with Crippen molar-refractivity contribution in [3.8, 4) is 5.88 Å². The van der Waals surface area contributed by atoms with Crippen molar-refractivity contribution in [1.82, 2.24) is 15.1 Å². The number of aromatic nitrogens is 2. The first-order chi connectivity index (χ1) is 10.2. The summed E-state index contributed by atoms with van der Waals surface area (Å²) in [4.78, 5) is 14.1. The molecule has 6 heteroatoms. The van der Waals surface area contributed by atoms with Gasteiger partial charge < -0.3 is 10.1 Å². The van der Waals surface area contributed by atoms with Crippen LogP contribution in [0.1, 0.15) is 11.1 Å². The molecule has 0 saturated carbocycles. The van der Waals surface area contributed by atoms with Crippen molar-refractivity contribution in [2.75, 3.05) is 18.6 Å². The minimum Gasteiger partial charge on any atom is -0.480 e. The Labute approximate surface area is 123 Å². The molecule has 110 valence electrons. The van der Waals surface area contributed by atoms with Crippen LogP contribution >= 0.6 is 0 Å². The molecule has 0 atom stereocenters. The number of hydrogen-bond donors (Lipinski definition) is 1. The van der Waals surface area contributed by atoms with Gasteiger partial charge in [0.1, 0.15) is 0 Å². The SMILES string of the molecule is COc1nn(C)cc1CNC(=O)N1CCc2ccccc21. The van der Waals surface area contributed by atoms with Gasteiger partial charge in [-0.2, -0.15) is 0 Å². The van der Waals surface area contributed by atoms with Crippen molar-refractivity contribution in [1.29, 1.82) is 0 Å². The molecule has 0 aliphatic carbocycles. The molecule has 0 radical (unpaired) electrons. The number of rotatable bonds is 3. The highest BCUT2D eigenvalue weighted by atomic mass is 16.5. The molecule has 0 bridgehead atoms. The molecule has 0 fully saturated rings. The first-order valence-electron chi connectivity index (χ1n) is 6.89. The third-order valence-electron chi connectivity index (χ3n) is 3.62. The first kappa shape index (κ1) is 13.5. The highest BCUT2D eigenvalue weighted by molar-refractivity contribution is 5.94. The van der Waals surface area contributed by atoms with E-state index < -0.39 is 0 Å². The number of hydrogen-bond acceptors (Lipinski definition) is 3. The third-order valence-corrected chi connectivity index (χ3v) is 3.62. The fourth-order valence-electron chi connectivity index (χ4n) is 2.63. The summed E-state index contributed by atoms with van der Waals surface area (Å²) in [6, 6.07) is 7.90. The molecular weight excluding hydrogens is 268 g/mol. The van der Waals surface area contributed by atoms with Gasteiger partial charge in [-0.15, -0.1) is 5.10 Å². The molecule has 1 aromatic carbocycles. The average molecular weight is 286 g/mol. The van der Waals surface area contributed by atoms with Gasteiger partial charge in [0, 0.05) is 25.5 Å². The molecule has 1 N–H and O–H groups in total. The van der Waals surface area contributed by atoms with E-state index in [1.54, 1.807) is 16.7 Å². The van der Waals surface area contributed by atoms with Crippen molar-refractivity contribution in [3.05, 3.63) is 41.6 Å². The van der Waals surface area contributed by atoms with E-state index in [2.05, 4.69) is 16.5 Å². The minimum atomic E-state index is -0.0918. The van der Waals surface area contributed by atoms with Gasteiger partial charge in [-0.05, 0) is 18.1 Å². The Morgan fingerprint density at radius 3 is 3.05 bits per heavy atom. The maximum absolute atomic E-state index is 12.3. The van der Waals surface area contributed by atoms with E-state index in [0.29, 0.717) is 12.4 Å². The van der Waals surface area contributed by atoms with E-state index >= 15 is 0 Å². The normalized spacial score (nSPS) is 13.1. The minimum absolute atomic E-state index is 0.0918. The molecule has 21 heavy (non-hydrogen) atoms. The summed E-state index contributed by atoms with van der Waals surface area (Å²) in [6.07, 6.45) is 2.75. The van der Waals surface area contributed by atoms with Crippen LogP contribution in [0.2, 0.25) is 0 Å².